The van der Waals surface area contributed by atoms with Crippen molar-refractivity contribution in [3.63, 3.8) is 0 Å². The predicted octanol–water partition coefficient (Wildman–Crippen LogP) is 1.84. The highest BCUT2D eigenvalue weighted by Crippen LogP contribution is 2.38. The maximum atomic E-state index is 10.7. The standard InChI is InChI=1S/C15H24N6O2.2C2H6/c1-16-11-9(4-5-22)6-10(13(11)23)21-8-19-12-14(20(2)3)17-7-18-15(12)21;2*1-2/h7-11,13,16,22-23H,4-6H2,1-3H3;2*1-2H3. The van der Waals surface area contributed by atoms with Crippen molar-refractivity contribution in [1.29, 1.82) is 0 Å². The average Bonchev–Trinajstić information content (AvgIpc) is 3.25. The molecule has 0 saturated heterocycles. The van der Waals surface area contributed by atoms with Crippen molar-refractivity contribution in [3.8, 4) is 0 Å². The molecule has 1 fully saturated rings. The second-order valence-corrected chi connectivity index (χ2v) is 6.30. The molecule has 0 radical (unpaired) electrons. The van der Waals surface area contributed by atoms with Gasteiger partial charge >= 0.3 is 0 Å². The van der Waals surface area contributed by atoms with E-state index in [0.29, 0.717) is 6.42 Å². The van der Waals surface area contributed by atoms with Crippen molar-refractivity contribution < 1.29 is 10.2 Å². The van der Waals surface area contributed by atoms with Gasteiger partial charge in [-0.05, 0) is 25.8 Å². The molecule has 154 valence electrons. The maximum absolute atomic E-state index is 10.7. The number of hydrogen-bond donors (Lipinski definition) is 3. The van der Waals surface area contributed by atoms with Crippen LogP contribution in [0, 0.1) is 5.92 Å². The number of hydrogen-bond acceptors (Lipinski definition) is 7. The van der Waals surface area contributed by atoms with Crippen molar-refractivity contribution in [3.05, 3.63) is 12.7 Å². The number of aliphatic hydroxyl groups is 2. The van der Waals surface area contributed by atoms with Gasteiger partial charge in [0.15, 0.2) is 17.0 Å². The van der Waals surface area contributed by atoms with Crippen LogP contribution in [0.5, 0.6) is 0 Å². The lowest BCUT2D eigenvalue weighted by molar-refractivity contribution is 0.106. The fourth-order valence-electron chi connectivity index (χ4n) is 3.67. The first-order valence-corrected chi connectivity index (χ1v) is 9.89. The first-order valence-electron chi connectivity index (χ1n) is 9.89. The molecule has 0 aliphatic heterocycles. The minimum atomic E-state index is -0.549. The number of rotatable bonds is 5. The molecule has 0 aromatic carbocycles. The van der Waals surface area contributed by atoms with E-state index in [9.17, 15) is 10.2 Å². The number of nitrogens with one attached hydrogen (secondary N) is 1. The van der Waals surface area contributed by atoms with Gasteiger partial charge in [0.2, 0.25) is 0 Å². The number of aliphatic hydroxyl groups excluding tert-OH is 2. The lowest BCUT2D eigenvalue weighted by Gasteiger charge is -2.22. The van der Waals surface area contributed by atoms with Gasteiger partial charge in [0.25, 0.3) is 0 Å². The Hall–Kier alpha value is -1.77. The first-order chi connectivity index (χ1) is 13.1. The Balaban J connectivity index is 0.000000855. The molecule has 1 saturated carbocycles. The van der Waals surface area contributed by atoms with Gasteiger partial charge in [0, 0.05) is 26.7 Å². The van der Waals surface area contributed by atoms with Gasteiger partial charge < -0.3 is 25.0 Å². The summed E-state index contributed by atoms with van der Waals surface area (Å²) in [6, 6.07) is -0.154. The van der Waals surface area contributed by atoms with Gasteiger partial charge in [-0.1, -0.05) is 27.7 Å². The third kappa shape index (κ3) is 4.75. The van der Waals surface area contributed by atoms with Crippen LogP contribution >= 0.6 is 0 Å². The molecule has 4 atom stereocenters. The Kier molecular flexibility index (Phi) is 9.62. The van der Waals surface area contributed by atoms with Crippen LogP contribution in [0.15, 0.2) is 12.7 Å². The largest absolute Gasteiger partial charge is 0.396 e. The molecule has 0 amide bonds. The van der Waals surface area contributed by atoms with E-state index in [1.807, 2.05) is 58.3 Å². The Labute approximate surface area is 162 Å². The Morgan fingerprint density at radius 2 is 1.85 bits per heavy atom. The number of likely N-dealkylation sites (N-methyl/N-ethyl adjacent to an activating group) is 1. The highest BCUT2D eigenvalue weighted by Gasteiger charge is 2.42. The van der Waals surface area contributed by atoms with Gasteiger partial charge in [0.05, 0.1) is 18.5 Å². The highest BCUT2D eigenvalue weighted by atomic mass is 16.3. The molecule has 3 N–H and O–H groups in total. The van der Waals surface area contributed by atoms with E-state index < -0.39 is 6.10 Å². The molecule has 1 aliphatic rings. The van der Waals surface area contributed by atoms with Crippen molar-refractivity contribution in [2.75, 3.05) is 32.6 Å². The summed E-state index contributed by atoms with van der Waals surface area (Å²) < 4.78 is 1.94. The second kappa shape index (κ2) is 11.2. The molecule has 2 aromatic heterocycles. The fraction of sp³-hybridized carbons (Fsp3) is 0.737. The molecule has 2 heterocycles. The molecular weight excluding hydrogens is 344 g/mol. The van der Waals surface area contributed by atoms with Crippen LogP contribution in [0.2, 0.25) is 0 Å². The fourth-order valence-corrected chi connectivity index (χ4v) is 3.67. The van der Waals surface area contributed by atoms with Gasteiger partial charge in [0.1, 0.15) is 6.33 Å². The average molecular weight is 381 g/mol. The minimum absolute atomic E-state index is 0.0419. The van der Waals surface area contributed by atoms with Crippen molar-refractivity contribution in [2.24, 2.45) is 5.92 Å². The summed E-state index contributed by atoms with van der Waals surface area (Å²) in [7, 11) is 5.68. The third-order valence-electron chi connectivity index (χ3n) is 4.77. The molecule has 4 unspecified atom stereocenters. The topological polar surface area (TPSA) is 99.3 Å². The monoisotopic (exact) mass is 380 g/mol. The summed E-state index contributed by atoms with van der Waals surface area (Å²) in [4.78, 5) is 15.0. The van der Waals surface area contributed by atoms with E-state index in [2.05, 4.69) is 20.3 Å². The van der Waals surface area contributed by atoms with Crippen molar-refractivity contribution in [1.82, 2.24) is 24.8 Å². The molecule has 27 heavy (non-hydrogen) atoms. The van der Waals surface area contributed by atoms with Crippen LogP contribution in [0.4, 0.5) is 5.82 Å². The normalized spacial score (nSPS) is 24.0. The summed E-state index contributed by atoms with van der Waals surface area (Å²) in [6.07, 6.45) is 4.15. The van der Waals surface area contributed by atoms with Crippen molar-refractivity contribution in [2.45, 2.75) is 58.7 Å². The summed E-state index contributed by atoms with van der Waals surface area (Å²) in [5.41, 5.74) is 1.46. The predicted molar refractivity (Wildman–Crippen MR) is 110 cm³/mol. The van der Waals surface area contributed by atoms with Crippen LogP contribution in [-0.2, 0) is 0 Å². The molecule has 2 aromatic rings. The lowest BCUT2D eigenvalue weighted by atomic mass is 10.00. The summed E-state index contributed by atoms with van der Waals surface area (Å²) in [5, 5.41) is 23.1. The van der Waals surface area contributed by atoms with E-state index >= 15 is 0 Å². The molecule has 1 aliphatic carbocycles. The zero-order valence-corrected chi connectivity index (χ0v) is 17.7. The van der Waals surface area contributed by atoms with Gasteiger partial charge in [-0.25, -0.2) is 15.0 Å². The van der Waals surface area contributed by atoms with Gasteiger partial charge in [-0.15, -0.1) is 0 Å². The highest BCUT2D eigenvalue weighted by molar-refractivity contribution is 5.83. The zero-order valence-electron chi connectivity index (χ0n) is 17.7. The Morgan fingerprint density at radius 3 is 2.41 bits per heavy atom. The summed E-state index contributed by atoms with van der Waals surface area (Å²) in [5.74, 6) is 0.982. The molecular formula is C19H36N6O2. The van der Waals surface area contributed by atoms with E-state index in [-0.39, 0.29) is 24.6 Å². The summed E-state index contributed by atoms with van der Waals surface area (Å²) in [6.45, 7) is 8.12. The molecule has 8 nitrogen and oxygen atoms in total. The van der Waals surface area contributed by atoms with Crippen LogP contribution in [0.25, 0.3) is 11.2 Å². The maximum Gasteiger partial charge on any atom is 0.165 e. The van der Waals surface area contributed by atoms with E-state index in [0.717, 1.165) is 23.4 Å². The third-order valence-corrected chi connectivity index (χ3v) is 4.77. The summed E-state index contributed by atoms with van der Waals surface area (Å²) >= 11 is 0. The van der Waals surface area contributed by atoms with E-state index in [1.165, 1.54) is 6.33 Å². The number of nitrogens with zero attached hydrogens (tertiary/aromatic N) is 5. The SMILES string of the molecule is CC.CC.CNC1C(CCO)CC(n2cnc3c(N(C)C)ncnc32)C1O. The van der Waals surface area contributed by atoms with Crippen LogP contribution in [0.3, 0.4) is 0 Å². The Morgan fingerprint density at radius 1 is 1.19 bits per heavy atom. The van der Waals surface area contributed by atoms with Crippen LogP contribution < -0.4 is 10.2 Å². The lowest BCUT2D eigenvalue weighted by Crippen LogP contribution is -2.40. The molecule has 3 rings (SSSR count). The van der Waals surface area contributed by atoms with E-state index in [1.54, 1.807) is 6.33 Å². The van der Waals surface area contributed by atoms with Crippen molar-refractivity contribution >= 4 is 17.0 Å². The number of fused-ring (bicyclic) bond motifs is 1. The minimum Gasteiger partial charge on any atom is -0.396 e. The van der Waals surface area contributed by atoms with Gasteiger partial charge in [-0.3, -0.25) is 0 Å². The second-order valence-electron chi connectivity index (χ2n) is 6.30. The van der Waals surface area contributed by atoms with Gasteiger partial charge in [-0.2, -0.15) is 0 Å². The van der Waals surface area contributed by atoms with Crippen LogP contribution in [0.1, 0.15) is 46.6 Å². The Bertz CT molecular complexity index is 675. The number of aromatic nitrogens is 4. The zero-order chi connectivity index (χ0) is 20.6. The quantitative estimate of drug-likeness (QED) is 0.728. The van der Waals surface area contributed by atoms with E-state index in [4.69, 9.17) is 0 Å². The van der Waals surface area contributed by atoms with Crippen LogP contribution in [-0.4, -0.2) is 69.6 Å². The number of anilines is 1. The molecule has 0 bridgehead atoms. The molecule has 0 spiro atoms. The smallest absolute Gasteiger partial charge is 0.165 e. The first kappa shape index (κ1) is 23.3. The molecule has 8 heteroatoms. The number of imidazole rings is 1.